The van der Waals surface area contributed by atoms with E-state index in [-0.39, 0.29) is 10.2 Å². The molecule has 2 rings (SSSR count). The molecule has 0 N–H and O–H groups in total. The molecule has 102 valence electrons. The van der Waals surface area contributed by atoms with Gasteiger partial charge in [0.2, 0.25) is 0 Å². The predicted octanol–water partition coefficient (Wildman–Crippen LogP) is 6.49. The summed E-state index contributed by atoms with van der Waals surface area (Å²) in [5, 5.41) is 0.828. The van der Waals surface area contributed by atoms with E-state index in [0.717, 1.165) is 10.6 Å². The number of aryl methyl sites for hydroxylation is 1. The number of halogens is 2. The second-order valence-electron chi connectivity index (χ2n) is 5.82. The third-order valence-corrected chi connectivity index (χ3v) is 6.41. The third-order valence-electron chi connectivity index (χ3n) is 3.10. The Balaban J connectivity index is 2.31. The first kappa shape index (κ1) is 15.1. The lowest BCUT2D eigenvalue weighted by Gasteiger charge is -2.16. The highest BCUT2D eigenvalue weighted by atomic mass is 79.9. The molecule has 0 aliphatic rings. The minimum atomic E-state index is 0.209. The normalized spacial score (nSPS) is 13.6. The summed E-state index contributed by atoms with van der Waals surface area (Å²) in [6.07, 6.45) is 0. The average molecular weight is 358 g/mol. The van der Waals surface area contributed by atoms with Crippen LogP contribution in [0.2, 0.25) is 5.02 Å². The molecule has 1 aromatic heterocycles. The highest BCUT2D eigenvalue weighted by molar-refractivity contribution is 9.09. The fourth-order valence-electron chi connectivity index (χ4n) is 1.82. The van der Waals surface area contributed by atoms with Gasteiger partial charge in [-0.1, -0.05) is 60.4 Å². The van der Waals surface area contributed by atoms with Gasteiger partial charge in [0.1, 0.15) is 0 Å². The minimum Gasteiger partial charge on any atom is -0.143 e. The van der Waals surface area contributed by atoms with Gasteiger partial charge in [-0.25, -0.2) is 0 Å². The van der Waals surface area contributed by atoms with E-state index in [0.29, 0.717) is 0 Å². The number of hydrogen-bond acceptors (Lipinski definition) is 1. The molecular weight excluding hydrogens is 340 g/mol. The Morgan fingerprint density at radius 1 is 1.16 bits per heavy atom. The van der Waals surface area contributed by atoms with Gasteiger partial charge in [0.25, 0.3) is 0 Å². The summed E-state index contributed by atoms with van der Waals surface area (Å²) < 4.78 is 0. The molecule has 0 bridgehead atoms. The molecule has 0 saturated heterocycles. The lowest BCUT2D eigenvalue weighted by atomic mass is 9.95. The van der Waals surface area contributed by atoms with Gasteiger partial charge in [-0.05, 0) is 41.7 Å². The second-order valence-corrected chi connectivity index (χ2v) is 8.26. The van der Waals surface area contributed by atoms with Crippen LogP contribution in [-0.4, -0.2) is 0 Å². The summed E-state index contributed by atoms with van der Waals surface area (Å²) in [7, 11) is 0. The average Bonchev–Trinajstić information content (AvgIpc) is 2.81. The van der Waals surface area contributed by atoms with Crippen molar-refractivity contribution < 1.29 is 0 Å². The first-order chi connectivity index (χ1) is 8.79. The summed E-state index contributed by atoms with van der Waals surface area (Å²) in [5.41, 5.74) is 2.53. The number of thiophene rings is 1. The molecule has 0 nitrogen and oxygen atoms in total. The zero-order valence-corrected chi connectivity index (χ0v) is 14.8. The van der Waals surface area contributed by atoms with E-state index < -0.39 is 0 Å². The molecule has 0 spiro atoms. The third kappa shape index (κ3) is 3.42. The largest absolute Gasteiger partial charge is 0.143 e. The molecule has 0 radical (unpaired) electrons. The number of alkyl halides is 1. The van der Waals surface area contributed by atoms with Crippen molar-refractivity contribution in [2.24, 2.45) is 0 Å². The van der Waals surface area contributed by atoms with Crippen LogP contribution in [0.5, 0.6) is 0 Å². The quantitative estimate of drug-likeness (QED) is 0.539. The van der Waals surface area contributed by atoms with Crippen molar-refractivity contribution in [3.63, 3.8) is 0 Å². The summed E-state index contributed by atoms with van der Waals surface area (Å²) >= 11 is 11.9. The molecular formula is C16H18BrClS. The Morgan fingerprint density at radius 2 is 1.84 bits per heavy atom. The van der Waals surface area contributed by atoms with E-state index in [1.54, 1.807) is 0 Å². The van der Waals surface area contributed by atoms with Gasteiger partial charge in [0.15, 0.2) is 0 Å². The van der Waals surface area contributed by atoms with Gasteiger partial charge in [0, 0.05) is 14.8 Å². The maximum absolute atomic E-state index is 6.21. The first-order valence-electron chi connectivity index (χ1n) is 6.29. The second kappa shape index (κ2) is 5.59. The zero-order valence-electron chi connectivity index (χ0n) is 11.6. The topological polar surface area (TPSA) is 0 Å². The van der Waals surface area contributed by atoms with Crippen molar-refractivity contribution in [1.82, 2.24) is 0 Å². The number of hydrogen-bond donors (Lipinski definition) is 0. The van der Waals surface area contributed by atoms with Gasteiger partial charge >= 0.3 is 0 Å². The van der Waals surface area contributed by atoms with Crippen LogP contribution in [0.25, 0.3) is 0 Å². The molecule has 0 aliphatic heterocycles. The van der Waals surface area contributed by atoms with Gasteiger partial charge in [-0.2, -0.15) is 0 Å². The Morgan fingerprint density at radius 3 is 2.37 bits per heavy atom. The van der Waals surface area contributed by atoms with Crippen LogP contribution >= 0.6 is 38.9 Å². The van der Waals surface area contributed by atoms with E-state index in [1.165, 1.54) is 15.3 Å². The Labute approximate surface area is 132 Å². The summed E-state index contributed by atoms with van der Waals surface area (Å²) in [6, 6.07) is 10.7. The van der Waals surface area contributed by atoms with Crippen LogP contribution in [0.4, 0.5) is 0 Å². The van der Waals surface area contributed by atoms with Crippen molar-refractivity contribution >= 4 is 38.9 Å². The van der Waals surface area contributed by atoms with Gasteiger partial charge in [-0.15, -0.1) is 11.3 Å². The van der Waals surface area contributed by atoms with Crippen molar-refractivity contribution in [2.75, 3.05) is 0 Å². The van der Waals surface area contributed by atoms with Crippen LogP contribution in [0.15, 0.2) is 30.3 Å². The van der Waals surface area contributed by atoms with Crippen molar-refractivity contribution in [3.05, 3.63) is 56.2 Å². The van der Waals surface area contributed by atoms with Crippen LogP contribution in [0, 0.1) is 6.92 Å². The highest BCUT2D eigenvalue weighted by Gasteiger charge is 2.19. The Hall–Kier alpha value is -0.310. The van der Waals surface area contributed by atoms with Gasteiger partial charge in [-0.3, -0.25) is 0 Å². The SMILES string of the molecule is Cc1ccc(C(Br)c2ccc(C(C)(C)C)s2)cc1Cl. The lowest BCUT2D eigenvalue weighted by molar-refractivity contribution is 0.604. The smallest absolute Gasteiger partial charge is 0.0738 e. The molecule has 1 aromatic carbocycles. The molecule has 1 heterocycles. The van der Waals surface area contributed by atoms with E-state index in [1.807, 2.05) is 24.3 Å². The lowest BCUT2D eigenvalue weighted by Crippen LogP contribution is -2.07. The Kier molecular flexibility index (Phi) is 4.44. The van der Waals surface area contributed by atoms with Crippen molar-refractivity contribution in [2.45, 2.75) is 37.9 Å². The zero-order chi connectivity index (χ0) is 14.2. The summed E-state index contributed by atoms with van der Waals surface area (Å²) in [6.45, 7) is 8.76. The van der Waals surface area contributed by atoms with Crippen LogP contribution in [0.1, 0.15) is 46.5 Å². The summed E-state index contributed by atoms with van der Waals surface area (Å²) in [5.74, 6) is 0. The number of rotatable bonds is 2. The van der Waals surface area contributed by atoms with E-state index >= 15 is 0 Å². The molecule has 1 unspecified atom stereocenters. The maximum atomic E-state index is 6.21. The Bertz CT molecular complexity index is 581. The van der Waals surface area contributed by atoms with Crippen molar-refractivity contribution in [1.29, 1.82) is 0 Å². The monoisotopic (exact) mass is 356 g/mol. The standard InChI is InChI=1S/C16H18BrClS/c1-10-5-6-11(9-12(10)18)15(17)13-7-8-14(19-13)16(2,3)4/h5-9,15H,1-4H3. The van der Waals surface area contributed by atoms with Gasteiger partial charge in [0.05, 0.1) is 4.83 Å². The fraction of sp³-hybridized carbons (Fsp3) is 0.375. The molecule has 19 heavy (non-hydrogen) atoms. The van der Waals surface area contributed by atoms with Crippen molar-refractivity contribution in [3.8, 4) is 0 Å². The first-order valence-corrected chi connectivity index (χ1v) is 8.40. The fourth-order valence-corrected chi connectivity index (χ4v) is 3.80. The highest BCUT2D eigenvalue weighted by Crippen LogP contribution is 2.39. The van der Waals surface area contributed by atoms with Crippen LogP contribution in [-0.2, 0) is 5.41 Å². The maximum Gasteiger partial charge on any atom is 0.0738 e. The minimum absolute atomic E-state index is 0.209. The van der Waals surface area contributed by atoms with E-state index in [4.69, 9.17) is 11.6 Å². The number of benzene rings is 1. The molecule has 1 atom stereocenters. The van der Waals surface area contributed by atoms with Crippen LogP contribution in [0.3, 0.4) is 0 Å². The predicted molar refractivity (Wildman–Crippen MR) is 90.0 cm³/mol. The molecule has 0 saturated carbocycles. The van der Waals surface area contributed by atoms with Gasteiger partial charge < -0.3 is 0 Å². The molecule has 2 aromatic rings. The molecule has 0 aliphatic carbocycles. The molecule has 0 amide bonds. The van der Waals surface area contributed by atoms with Crippen LogP contribution < -0.4 is 0 Å². The van der Waals surface area contributed by atoms with E-state index in [2.05, 4.69) is 61.0 Å². The summed E-state index contributed by atoms with van der Waals surface area (Å²) in [4.78, 5) is 2.95. The van der Waals surface area contributed by atoms with E-state index in [9.17, 15) is 0 Å². The molecule has 0 fully saturated rings. The molecule has 3 heteroatoms.